The molecule has 0 spiro atoms. The third-order valence-corrected chi connectivity index (χ3v) is 5.10. The van der Waals surface area contributed by atoms with Gasteiger partial charge in [-0.1, -0.05) is 18.0 Å². The van der Waals surface area contributed by atoms with Crippen LogP contribution in [0.15, 0.2) is 18.2 Å². The third kappa shape index (κ3) is 3.82. The van der Waals surface area contributed by atoms with Gasteiger partial charge in [-0.2, -0.15) is 9.78 Å². The zero-order valence-corrected chi connectivity index (χ0v) is 15.8. The van der Waals surface area contributed by atoms with Crippen molar-refractivity contribution in [1.29, 1.82) is 0 Å². The van der Waals surface area contributed by atoms with Gasteiger partial charge in [-0.05, 0) is 43.3 Å². The molecule has 1 aliphatic rings. The SMILES string of the molecule is COc1ccc(Cl)cc1C[NH+](C)Cn1nc2n(c1=S)CCCCC2. The lowest BCUT2D eigenvalue weighted by Crippen LogP contribution is -3.07. The van der Waals surface area contributed by atoms with Gasteiger partial charge in [-0.15, -0.1) is 0 Å². The number of quaternary nitrogens is 1. The first-order valence-electron chi connectivity index (χ1n) is 8.38. The normalized spacial score (nSPS) is 15.6. The van der Waals surface area contributed by atoms with Crippen molar-refractivity contribution in [2.24, 2.45) is 0 Å². The molecule has 1 aromatic carbocycles. The number of hydrogen-bond donors (Lipinski definition) is 1. The van der Waals surface area contributed by atoms with Gasteiger partial charge in [0.15, 0.2) is 6.67 Å². The number of ether oxygens (including phenoxy) is 1. The highest BCUT2D eigenvalue weighted by molar-refractivity contribution is 7.71. The maximum absolute atomic E-state index is 6.12. The molecule has 2 heterocycles. The smallest absolute Gasteiger partial charge is 0.202 e. The van der Waals surface area contributed by atoms with Crippen LogP contribution in [-0.2, 0) is 26.2 Å². The molecule has 0 bridgehead atoms. The minimum atomic E-state index is 0.726. The molecule has 0 radical (unpaired) electrons. The molecule has 0 fully saturated rings. The van der Waals surface area contributed by atoms with Crippen LogP contribution in [0.4, 0.5) is 0 Å². The molecule has 5 nitrogen and oxygen atoms in total. The molecule has 2 aromatic rings. The molecule has 24 heavy (non-hydrogen) atoms. The van der Waals surface area contributed by atoms with Gasteiger partial charge in [-0.25, -0.2) is 0 Å². The van der Waals surface area contributed by atoms with E-state index in [1.165, 1.54) is 24.2 Å². The highest BCUT2D eigenvalue weighted by Gasteiger charge is 2.16. The zero-order chi connectivity index (χ0) is 17.1. The summed E-state index contributed by atoms with van der Waals surface area (Å²) in [5.41, 5.74) is 1.09. The Labute approximate surface area is 152 Å². The maximum Gasteiger partial charge on any atom is 0.202 e. The fourth-order valence-corrected chi connectivity index (χ4v) is 3.75. The Bertz CT molecular complexity index is 770. The van der Waals surface area contributed by atoms with E-state index in [4.69, 9.17) is 33.7 Å². The third-order valence-electron chi connectivity index (χ3n) is 4.44. The van der Waals surface area contributed by atoms with Crippen LogP contribution in [0.2, 0.25) is 5.02 Å². The van der Waals surface area contributed by atoms with Crippen LogP contribution in [0.5, 0.6) is 5.75 Å². The molecule has 130 valence electrons. The first kappa shape index (κ1) is 17.5. The lowest BCUT2D eigenvalue weighted by atomic mass is 10.2. The van der Waals surface area contributed by atoms with Crippen LogP contribution in [0.3, 0.4) is 0 Å². The molecular formula is C17H24ClN4OS+. The van der Waals surface area contributed by atoms with Gasteiger partial charge in [0.05, 0.1) is 14.2 Å². The molecule has 7 heteroatoms. The van der Waals surface area contributed by atoms with Crippen LogP contribution >= 0.6 is 23.8 Å². The van der Waals surface area contributed by atoms with E-state index >= 15 is 0 Å². The Balaban J connectivity index is 1.75. The summed E-state index contributed by atoms with van der Waals surface area (Å²) < 4.78 is 10.4. The molecule has 0 saturated carbocycles. The van der Waals surface area contributed by atoms with E-state index in [1.807, 2.05) is 22.9 Å². The Morgan fingerprint density at radius 2 is 2.17 bits per heavy atom. The van der Waals surface area contributed by atoms with E-state index in [0.29, 0.717) is 0 Å². The average Bonchev–Trinajstić information content (AvgIpc) is 2.73. The van der Waals surface area contributed by atoms with Gasteiger partial charge in [0.25, 0.3) is 0 Å². The fourth-order valence-electron chi connectivity index (χ4n) is 3.25. The van der Waals surface area contributed by atoms with Gasteiger partial charge in [0.2, 0.25) is 4.77 Å². The summed E-state index contributed by atoms with van der Waals surface area (Å²) in [4.78, 5) is 1.28. The number of methoxy groups -OCH3 is 1. The van der Waals surface area contributed by atoms with E-state index in [0.717, 1.165) is 53.1 Å². The number of aromatic nitrogens is 3. The highest BCUT2D eigenvalue weighted by Crippen LogP contribution is 2.21. The highest BCUT2D eigenvalue weighted by atomic mass is 35.5. The molecule has 1 aliphatic heterocycles. The molecule has 0 aliphatic carbocycles. The molecule has 3 rings (SSSR count). The Morgan fingerprint density at radius 1 is 1.33 bits per heavy atom. The van der Waals surface area contributed by atoms with Crippen molar-refractivity contribution < 1.29 is 9.64 Å². The summed E-state index contributed by atoms with van der Waals surface area (Å²) in [6, 6.07) is 5.72. The fraction of sp³-hybridized carbons (Fsp3) is 0.529. The minimum Gasteiger partial charge on any atom is -0.496 e. The number of benzene rings is 1. The number of halogens is 1. The van der Waals surface area contributed by atoms with Gasteiger partial charge >= 0.3 is 0 Å². The predicted octanol–water partition coefficient (Wildman–Crippen LogP) is 2.47. The second kappa shape index (κ2) is 7.68. The summed E-state index contributed by atoms with van der Waals surface area (Å²) in [5, 5.41) is 5.48. The van der Waals surface area contributed by atoms with Gasteiger partial charge in [-0.3, -0.25) is 0 Å². The van der Waals surface area contributed by atoms with Crippen molar-refractivity contribution in [3.05, 3.63) is 39.4 Å². The quantitative estimate of drug-likeness (QED) is 0.825. The molecule has 1 N–H and O–H groups in total. The Hall–Kier alpha value is -1.37. The number of aryl methyl sites for hydroxylation is 1. The molecular weight excluding hydrogens is 344 g/mol. The minimum absolute atomic E-state index is 0.726. The molecule has 1 unspecified atom stereocenters. The van der Waals surface area contributed by atoms with E-state index in [2.05, 4.69) is 11.6 Å². The van der Waals surface area contributed by atoms with Crippen LogP contribution in [0, 0.1) is 4.77 Å². The van der Waals surface area contributed by atoms with Crippen LogP contribution in [-0.4, -0.2) is 28.5 Å². The number of hydrogen-bond acceptors (Lipinski definition) is 3. The van der Waals surface area contributed by atoms with Gasteiger partial charge in [0.1, 0.15) is 18.1 Å². The Morgan fingerprint density at radius 3 is 2.96 bits per heavy atom. The summed E-state index contributed by atoms with van der Waals surface area (Å²) in [6.07, 6.45) is 4.68. The van der Waals surface area contributed by atoms with Crippen molar-refractivity contribution in [2.45, 2.75) is 45.4 Å². The van der Waals surface area contributed by atoms with Gasteiger partial charge in [0, 0.05) is 23.6 Å². The molecule has 0 amide bonds. The van der Waals surface area contributed by atoms with Crippen molar-refractivity contribution in [1.82, 2.24) is 14.3 Å². The van der Waals surface area contributed by atoms with Crippen LogP contribution in [0.25, 0.3) is 0 Å². The largest absolute Gasteiger partial charge is 0.496 e. The first-order chi connectivity index (χ1) is 11.6. The van der Waals surface area contributed by atoms with E-state index in [1.54, 1.807) is 7.11 Å². The predicted molar refractivity (Wildman–Crippen MR) is 97.2 cm³/mol. The number of nitrogens with one attached hydrogen (secondary N) is 1. The lowest BCUT2D eigenvalue weighted by Gasteiger charge is -2.16. The lowest BCUT2D eigenvalue weighted by molar-refractivity contribution is -0.917. The average molecular weight is 368 g/mol. The van der Waals surface area contributed by atoms with Crippen LogP contribution in [0.1, 0.15) is 30.7 Å². The summed E-state index contributed by atoms with van der Waals surface area (Å²) in [5.74, 6) is 1.99. The van der Waals surface area contributed by atoms with Crippen molar-refractivity contribution in [2.75, 3.05) is 14.2 Å². The molecule has 0 saturated heterocycles. The number of nitrogens with zero attached hydrogens (tertiary/aromatic N) is 3. The topological polar surface area (TPSA) is 36.4 Å². The van der Waals surface area contributed by atoms with E-state index in [-0.39, 0.29) is 0 Å². The number of fused-ring (bicyclic) bond motifs is 1. The Kier molecular flexibility index (Phi) is 5.58. The van der Waals surface area contributed by atoms with E-state index < -0.39 is 0 Å². The first-order valence-corrected chi connectivity index (χ1v) is 9.17. The molecule has 1 aromatic heterocycles. The van der Waals surface area contributed by atoms with Crippen molar-refractivity contribution >= 4 is 23.8 Å². The second-order valence-electron chi connectivity index (χ2n) is 6.41. The van der Waals surface area contributed by atoms with E-state index in [9.17, 15) is 0 Å². The zero-order valence-electron chi connectivity index (χ0n) is 14.2. The van der Waals surface area contributed by atoms with Crippen molar-refractivity contribution in [3.8, 4) is 5.75 Å². The second-order valence-corrected chi connectivity index (χ2v) is 7.21. The summed E-state index contributed by atoms with van der Waals surface area (Å²) in [7, 11) is 3.82. The summed E-state index contributed by atoms with van der Waals surface area (Å²) in [6.45, 7) is 2.53. The standard InChI is InChI=1S/C17H23ClN4OS/c1-20(11-13-10-14(18)7-8-15(13)23-2)12-22-17(24)21-9-5-3-4-6-16(21)19-22/h7-8,10H,3-6,9,11-12H2,1-2H3/p+1. The monoisotopic (exact) mass is 367 g/mol. The molecule has 1 atom stereocenters. The summed E-state index contributed by atoms with van der Waals surface area (Å²) >= 11 is 11.8. The van der Waals surface area contributed by atoms with Crippen LogP contribution < -0.4 is 9.64 Å². The van der Waals surface area contributed by atoms with Gasteiger partial charge < -0.3 is 14.2 Å². The number of rotatable bonds is 5. The van der Waals surface area contributed by atoms with Crippen molar-refractivity contribution in [3.63, 3.8) is 0 Å². The maximum atomic E-state index is 6.12.